The molecule has 0 radical (unpaired) electrons. The fourth-order valence-electron chi connectivity index (χ4n) is 1.87. The minimum atomic E-state index is -0.126. The molecule has 0 aliphatic heterocycles. The number of para-hydroxylation sites is 1. The summed E-state index contributed by atoms with van der Waals surface area (Å²) in [5.74, 6) is 1.57. The van der Waals surface area contributed by atoms with Gasteiger partial charge >= 0.3 is 0 Å². The largest absolute Gasteiger partial charge is 0.459 e. The molecule has 0 amide bonds. The average molecular weight is 270 g/mol. The summed E-state index contributed by atoms with van der Waals surface area (Å²) < 4.78 is 5.76. The van der Waals surface area contributed by atoms with Gasteiger partial charge in [0.05, 0.1) is 11.1 Å². The van der Waals surface area contributed by atoms with Crippen LogP contribution in [0.4, 0.5) is 0 Å². The van der Waals surface area contributed by atoms with Crippen LogP contribution in [0.1, 0.15) is 11.8 Å². The standard InChI is InChI=1S/C15H14N2OS/c16-12(10-19-15-7-3-4-8-17-15)14-9-11-5-1-2-6-13(11)18-14/h1-9,12H,10,16H2. The van der Waals surface area contributed by atoms with E-state index >= 15 is 0 Å². The smallest absolute Gasteiger partial charge is 0.134 e. The zero-order valence-corrected chi connectivity index (χ0v) is 11.1. The molecule has 0 saturated heterocycles. The maximum atomic E-state index is 6.16. The van der Waals surface area contributed by atoms with Gasteiger partial charge in [-0.1, -0.05) is 24.3 Å². The van der Waals surface area contributed by atoms with Gasteiger partial charge in [0, 0.05) is 17.3 Å². The Morgan fingerprint density at radius 2 is 2.00 bits per heavy atom. The minimum absolute atomic E-state index is 0.126. The molecule has 2 aromatic heterocycles. The highest BCUT2D eigenvalue weighted by Gasteiger charge is 2.12. The lowest BCUT2D eigenvalue weighted by molar-refractivity contribution is 0.516. The number of rotatable bonds is 4. The van der Waals surface area contributed by atoms with Gasteiger partial charge in [0.15, 0.2) is 0 Å². The predicted molar refractivity (Wildman–Crippen MR) is 78.1 cm³/mol. The molecule has 0 saturated carbocycles. The van der Waals surface area contributed by atoms with Crippen LogP contribution in [0.3, 0.4) is 0 Å². The summed E-state index contributed by atoms with van der Waals surface area (Å²) in [6.45, 7) is 0. The third kappa shape index (κ3) is 2.80. The van der Waals surface area contributed by atoms with Crippen molar-refractivity contribution in [1.82, 2.24) is 4.98 Å². The Kier molecular flexibility index (Phi) is 3.53. The quantitative estimate of drug-likeness (QED) is 0.736. The second-order valence-corrected chi connectivity index (χ2v) is 5.31. The van der Waals surface area contributed by atoms with Gasteiger partial charge in [0.25, 0.3) is 0 Å². The van der Waals surface area contributed by atoms with Crippen molar-refractivity contribution in [3.63, 3.8) is 0 Å². The number of nitrogens with zero attached hydrogens (tertiary/aromatic N) is 1. The lowest BCUT2D eigenvalue weighted by Gasteiger charge is -2.07. The molecule has 19 heavy (non-hydrogen) atoms. The number of nitrogens with two attached hydrogens (primary N) is 1. The van der Waals surface area contributed by atoms with Crippen LogP contribution in [0.15, 0.2) is 64.2 Å². The highest BCUT2D eigenvalue weighted by molar-refractivity contribution is 7.99. The summed E-state index contributed by atoms with van der Waals surface area (Å²) in [6.07, 6.45) is 1.79. The van der Waals surface area contributed by atoms with Crippen LogP contribution in [0.25, 0.3) is 11.0 Å². The van der Waals surface area contributed by atoms with E-state index in [0.717, 1.165) is 27.5 Å². The van der Waals surface area contributed by atoms with E-state index in [1.54, 1.807) is 18.0 Å². The molecule has 0 aliphatic rings. The Bertz CT molecular complexity index is 633. The third-order valence-corrected chi connectivity index (χ3v) is 3.92. The molecular weight excluding hydrogens is 256 g/mol. The summed E-state index contributed by atoms with van der Waals surface area (Å²) in [5, 5.41) is 2.07. The van der Waals surface area contributed by atoms with Crippen molar-refractivity contribution in [3.05, 3.63) is 60.5 Å². The fourth-order valence-corrected chi connectivity index (χ4v) is 2.70. The SMILES string of the molecule is NC(CSc1ccccn1)c1cc2ccccc2o1. The molecule has 1 aromatic carbocycles. The topological polar surface area (TPSA) is 52.0 Å². The summed E-state index contributed by atoms with van der Waals surface area (Å²) in [7, 11) is 0. The first kappa shape index (κ1) is 12.3. The first-order chi connectivity index (χ1) is 9.33. The number of hydrogen-bond acceptors (Lipinski definition) is 4. The number of fused-ring (bicyclic) bond motifs is 1. The number of furan rings is 1. The zero-order chi connectivity index (χ0) is 13.1. The number of pyridine rings is 1. The molecule has 0 aliphatic carbocycles. The fraction of sp³-hybridized carbons (Fsp3) is 0.133. The van der Waals surface area contributed by atoms with E-state index in [1.165, 1.54) is 0 Å². The average Bonchev–Trinajstić information content (AvgIpc) is 2.90. The van der Waals surface area contributed by atoms with Crippen molar-refractivity contribution in [1.29, 1.82) is 0 Å². The summed E-state index contributed by atoms with van der Waals surface area (Å²) in [4.78, 5) is 4.26. The molecule has 4 heteroatoms. The monoisotopic (exact) mass is 270 g/mol. The van der Waals surface area contributed by atoms with E-state index in [0.29, 0.717) is 0 Å². The van der Waals surface area contributed by atoms with Gasteiger partial charge in [-0.2, -0.15) is 0 Å². The van der Waals surface area contributed by atoms with Crippen molar-refractivity contribution in [3.8, 4) is 0 Å². The molecule has 1 atom stereocenters. The zero-order valence-electron chi connectivity index (χ0n) is 10.3. The van der Waals surface area contributed by atoms with Gasteiger partial charge in [-0.3, -0.25) is 0 Å². The Labute approximate surface area is 115 Å². The predicted octanol–water partition coefficient (Wildman–Crippen LogP) is 3.62. The molecule has 0 fully saturated rings. The van der Waals surface area contributed by atoms with Gasteiger partial charge in [0.2, 0.25) is 0 Å². The van der Waals surface area contributed by atoms with Crippen LogP contribution in [0, 0.1) is 0 Å². The highest BCUT2D eigenvalue weighted by Crippen LogP contribution is 2.26. The van der Waals surface area contributed by atoms with Crippen molar-refractivity contribution in [2.45, 2.75) is 11.1 Å². The maximum Gasteiger partial charge on any atom is 0.134 e. The van der Waals surface area contributed by atoms with Gasteiger partial charge in [-0.05, 0) is 24.3 Å². The summed E-state index contributed by atoms with van der Waals surface area (Å²) in [5.41, 5.74) is 7.05. The van der Waals surface area contributed by atoms with E-state index in [4.69, 9.17) is 10.2 Å². The summed E-state index contributed by atoms with van der Waals surface area (Å²) in [6, 6.07) is 15.7. The number of benzene rings is 1. The van der Waals surface area contributed by atoms with Crippen molar-refractivity contribution in [2.75, 3.05) is 5.75 Å². The molecule has 1 unspecified atom stereocenters. The molecule has 96 valence electrons. The Balaban J connectivity index is 1.71. The Morgan fingerprint density at radius 1 is 1.16 bits per heavy atom. The van der Waals surface area contributed by atoms with Crippen molar-refractivity contribution >= 4 is 22.7 Å². The van der Waals surface area contributed by atoms with Crippen LogP contribution in [-0.2, 0) is 0 Å². The van der Waals surface area contributed by atoms with Crippen LogP contribution >= 0.6 is 11.8 Å². The normalized spacial score (nSPS) is 12.7. The molecule has 0 spiro atoms. The lowest BCUT2D eigenvalue weighted by Crippen LogP contribution is -2.11. The number of aromatic nitrogens is 1. The van der Waals surface area contributed by atoms with E-state index in [-0.39, 0.29) is 6.04 Å². The van der Waals surface area contributed by atoms with Crippen LogP contribution in [0.2, 0.25) is 0 Å². The van der Waals surface area contributed by atoms with Gasteiger partial charge < -0.3 is 10.2 Å². The Hall–Kier alpha value is -1.78. The van der Waals surface area contributed by atoms with Crippen molar-refractivity contribution in [2.24, 2.45) is 5.73 Å². The maximum absolute atomic E-state index is 6.16. The first-order valence-electron chi connectivity index (χ1n) is 6.11. The molecule has 3 rings (SSSR count). The third-order valence-electron chi connectivity index (χ3n) is 2.86. The van der Waals surface area contributed by atoms with Crippen LogP contribution in [0.5, 0.6) is 0 Å². The van der Waals surface area contributed by atoms with Crippen LogP contribution in [-0.4, -0.2) is 10.7 Å². The van der Waals surface area contributed by atoms with Gasteiger partial charge in [-0.25, -0.2) is 4.98 Å². The molecule has 3 nitrogen and oxygen atoms in total. The molecule has 0 bridgehead atoms. The van der Waals surface area contributed by atoms with Crippen molar-refractivity contribution < 1.29 is 4.42 Å². The molecule has 2 heterocycles. The number of hydrogen-bond donors (Lipinski definition) is 1. The minimum Gasteiger partial charge on any atom is -0.459 e. The van der Waals surface area contributed by atoms with Crippen LogP contribution < -0.4 is 5.73 Å². The molecule has 3 aromatic rings. The van der Waals surface area contributed by atoms with Gasteiger partial charge in [0.1, 0.15) is 11.3 Å². The van der Waals surface area contributed by atoms with Gasteiger partial charge in [-0.15, -0.1) is 11.8 Å². The van der Waals surface area contributed by atoms with E-state index in [1.807, 2.05) is 48.5 Å². The lowest BCUT2D eigenvalue weighted by atomic mass is 10.2. The highest BCUT2D eigenvalue weighted by atomic mass is 32.2. The molecule has 2 N–H and O–H groups in total. The Morgan fingerprint density at radius 3 is 2.79 bits per heavy atom. The number of thioether (sulfide) groups is 1. The van der Waals surface area contributed by atoms with E-state index in [9.17, 15) is 0 Å². The molecular formula is C15H14N2OS. The van der Waals surface area contributed by atoms with E-state index < -0.39 is 0 Å². The summed E-state index contributed by atoms with van der Waals surface area (Å²) >= 11 is 1.64. The second-order valence-electron chi connectivity index (χ2n) is 4.27. The second kappa shape index (κ2) is 5.47. The first-order valence-corrected chi connectivity index (χ1v) is 7.09. The van der Waals surface area contributed by atoms with E-state index in [2.05, 4.69) is 4.98 Å².